The standard InChI is InChI=1S/C17H34Cl2N4O2.4ClH/c18-12-16(24)14-22-8-4-20(5-9-22)2-1-3-21-6-10-23(11-7-21)15-17(25)13-19;;;;/h16-17,24-25H,1-15H2;4*1H. The highest BCUT2D eigenvalue weighted by atomic mass is 35.5. The molecule has 0 amide bonds. The second-order valence-electron chi connectivity index (χ2n) is 7.25. The lowest BCUT2D eigenvalue weighted by Crippen LogP contribution is -2.50. The number of hydrogen-bond acceptors (Lipinski definition) is 6. The van der Waals surface area contributed by atoms with Gasteiger partial charge in [-0.3, -0.25) is 9.80 Å². The lowest BCUT2D eigenvalue weighted by molar-refractivity contribution is 0.0712. The van der Waals surface area contributed by atoms with Gasteiger partial charge in [-0.1, -0.05) is 0 Å². The molecular weight excluding hydrogens is 505 g/mol. The molecule has 6 nitrogen and oxygen atoms in total. The Labute approximate surface area is 210 Å². The molecule has 0 aliphatic carbocycles. The van der Waals surface area contributed by atoms with Crippen molar-refractivity contribution in [3.63, 3.8) is 0 Å². The van der Waals surface area contributed by atoms with Gasteiger partial charge in [-0.15, -0.1) is 72.8 Å². The first-order valence-corrected chi connectivity index (χ1v) is 10.5. The van der Waals surface area contributed by atoms with Crippen LogP contribution >= 0.6 is 72.8 Å². The van der Waals surface area contributed by atoms with E-state index in [1.165, 1.54) is 6.42 Å². The maximum absolute atomic E-state index is 9.63. The summed E-state index contributed by atoms with van der Waals surface area (Å²) in [7, 11) is 0. The number of piperazine rings is 2. The SMILES string of the molecule is Cl.Cl.Cl.Cl.OC(CCl)CN1CCN(CCCN2CCN(CC(O)CCl)CC2)CC1. The Balaban J connectivity index is -0.00000169. The van der Waals surface area contributed by atoms with Crippen molar-refractivity contribution in [3.8, 4) is 0 Å². The molecule has 0 aromatic rings. The van der Waals surface area contributed by atoms with Gasteiger partial charge in [0.05, 0.1) is 12.2 Å². The van der Waals surface area contributed by atoms with Crippen LogP contribution in [0, 0.1) is 0 Å². The van der Waals surface area contributed by atoms with Gasteiger partial charge < -0.3 is 20.0 Å². The van der Waals surface area contributed by atoms with Gasteiger partial charge in [0.2, 0.25) is 0 Å². The molecule has 0 spiro atoms. The van der Waals surface area contributed by atoms with Gasteiger partial charge in [0, 0.05) is 77.2 Å². The minimum Gasteiger partial charge on any atom is -0.391 e. The van der Waals surface area contributed by atoms with Gasteiger partial charge in [0.25, 0.3) is 0 Å². The fraction of sp³-hybridized carbons (Fsp3) is 1.00. The van der Waals surface area contributed by atoms with Crippen LogP contribution in [0.25, 0.3) is 0 Å². The third-order valence-electron chi connectivity index (χ3n) is 5.17. The molecule has 2 aliphatic rings. The fourth-order valence-corrected chi connectivity index (χ4v) is 3.80. The quantitative estimate of drug-likeness (QED) is 0.408. The molecule has 0 radical (unpaired) electrons. The number of nitrogens with zero attached hydrogens (tertiary/aromatic N) is 4. The molecule has 2 N–H and O–H groups in total. The number of hydrogen-bond donors (Lipinski definition) is 2. The molecule has 2 atom stereocenters. The predicted octanol–water partition coefficient (Wildman–Crippen LogP) is 1.50. The summed E-state index contributed by atoms with van der Waals surface area (Å²) >= 11 is 11.3. The smallest absolute Gasteiger partial charge is 0.0802 e. The zero-order valence-electron chi connectivity index (χ0n) is 16.8. The molecule has 2 unspecified atom stereocenters. The number of rotatable bonds is 10. The molecule has 2 heterocycles. The van der Waals surface area contributed by atoms with E-state index in [0.717, 1.165) is 65.4 Å². The molecule has 2 saturated heterocycles. The fourth-order valence-electron chi connectivity index (χ4n) is 3.60. The van der Waals surface area contributed by atoms with Gasteiger partial charge in [-0.2, -0.15) is 0 Å². The molecule has 2 aliphatic heterocycles. The van der Waals surface area contributed by atoms with Gasteiger partial charge in [0.15, 0.2) is 0 Å². The third kappa shape index (κ3) is 14.3. The maximum Gasteiger partial charge on any atom is 0.0802 e. The van der Waals surface area contributed by atoms with Crippen LogP contribution < -0.4 is 0 Å². The first-order chi connectivity index (χ1) is 12.1. The first-order valence-electron chi connectivity index (χ1n) is 9.48. The zero-order valence-corrected chi connectivity index (χ0v) is 21.6. The lowest BCUT2D eigenvalue weighted by atomic mass is 10.2. The lowest BCUT2D eigenvalue weighted by Gasteiger charge is -2.37. The Morgan fingerprint density at radius 3 is 1.10 bits per heavy atom. The van der Waals surface area contributed by atoms with E-state index in [0.29, 0.717) is 24.8 Å². The summed E-state index contributed by atoms with van der Waals surface area (Å²) in [4.78, 5) is 9.66. The highest BCUT2D eigenvalue weighted by Crippen LogP contribution is 2.07. The van der Waals surface area contributed by atoms with E-state index in [2.05, 4.69) is 19.6 Å². The minimum atomic E-state index is -0.405. The van der Waals surface area contributed by atoms with Crippen LogP contribution in [-0.2, 0) is 0 Å². The average Bonchev–Trinajstić information content (AvgIpc) is 2.64. The van der Waals surface area contributed by atoms with Gasteiger partial charge in [0.1, 0.15) is 0 Å². The van der Waals surface area contributed by atoms with Gasteiger partial charge in [-0.25, -0.2) is 0 Å². The van der Waals surface area contributed by atoms with Crippen molar-refractivity contribution in [3.05, 3.63) is 0 Å². The Hall–Kier alpha value is 1.50. The second-order valence-corrected chi connectivity index (χ2v) is 7.87. The van der Waals surface area contributed by atoms with Crippen molar-refractivity contribution >= 4 is 72.8 Å². The molecular formula is C17H38Cl6N4O2. The normalized spacial score (nSPS) is 21.1. The largest absolute Gasteiger partial charge is 0.391 e. The Morgan fingerprint density at radius 2 is 0.828 bits per heavy atom. The molecule has 0 saturated carbocycles. The molecule has 180 valence electrons. The van der Waals surface area contributed by atoms with Crippen LogP contribution in [0.15, 0.2) is 0 Å². The molecule has 29 heavy (non-hydrogen) atoms. The van der Waals surface area contributed by atoms with Crippen LogP contribution in [0.4, 0.5) is 0 Å². The molecule has 2 fully saturated rings. The number of aliphatic hydroxyl groups is 2. The first kappa shape index (κ1) is 35.1. The highest BCUT2D eigenvalue weighted by Gasteiger charge is 2.20. The van der Waals surface area contributed by atoms with Crippen molar-refractivity contribution in [1.29, 1.82) is 0 Å². The minimum absolute atomic E-state index is 0. The van der Waals surface area contributed by atoms with E-state index in [4.69, 9.17) is 23.2 Å². The van der Waals surface area contributed by atoms with Gasteiger partial charge in [-0.05, 0) is 19.5 Å². The summed E-state index contributed by atoms with van der Waals surface area (Å²) < 4.78 is 0. The zero-order chi connectivity index (χ0) is 18.1. The average molecular weight is 543 g/mol. The summed E-state index contributed by atoms with van der Waals surface area (Å²) in [6.07, 6.45) is 0.393. The topological polar surface area (TPSA) is 53.4 Å². The summed E-state index contributed by atoms with van der Waals surface area (Å²) in [5.41, 5.74) is 0. The summed E-state index contributed by atoms with van der Waals surface area (Å²) in [6, 6.07) is 0. The van der Waals surface area contributed by atoms with Crippen LogP contribution in [0.3, 0.4) is 0 Å². The van der Waals surface area contributed by atoms with Crippen LogP contribution in [0.2, 0.25) is 0 Å². The number of β-amino-alcohol motifs (C(OH)–C–C–N with tert-alkyl or cyclic N) is 2. The van der Waals surface area contributed by atoms with E-state index in [1.54, 1.807) is 0 Å². The van der Waals surface area contributed by atoms with Crippen LogP contribution in [-0.4, -0.2) is 132 Å². The Bertz CT molecular complexity index is 331. The van der Waals surface area contributed by atoms with Crippen molar-refractivity contribution in [2.75, 3.05) is 90.3 Å². The van der Waals surface area contributed by atoms with Crippen LogP contribution in [0.1, 0.15) is 6.42 Å². The van der Waals surface area contributed by atoms with E-state index < -0.39 is 12.2 Å². The Kier molecular flexibility index (Phi) is 24.4. The van der Waals surface area contributed by atoms with E-state index in [-0.39, 0.29) is 49.6 Å². The second kappa shape index (κ2) is 20.1. The van der Waals surface area contributed by atoms with Crippen molar-refractivity contribution < 1.29 is 10.2 Å². The summed E-state index contributed by atoms with van der Waals surface area (Å²) in [5.74, 6) is 0.636. The van der Waals surface area contributed by atoms with E-state index >= 15 is 0 Å². The van der Waals surface area contributed by atoms with Crippen molar-refractivity contribution in [2.24, 2.45) is 0 Å². The molecule has 0 bridgehead atoms. The highest BCUT2D eigenvalue weighted by molar-refractivity contribution is 6.18. The van der Waals surface area contributed by atoms with Gasteiger partial charge >= 0.3 is 0 Å². The van der Waals surface area contributed by atoms with E-state index in [9.17, 15) is 10.2 Å². The molecule has 2 rings (SSSR count). The number of halogens is 6. The van der Waals surface area contributed by atoms with Crippen LogP contribution in [0.5, 0.6) is 0 Å². The Morgan fingerprint density at radius 1 is 0.552 bits per heavy atom. The summed E-state index contributed by atoms with van der Waals surface area (Å²) in [6.45, 7) is 12.1. The molecule has 12 heteroatoms. The monoisotopic (exact) mass is 540 g/mol. The third-order valence-corrected chi connectivity index (χ3v) is 5.89. The van der Waals surface area contributed by atoms with Crippen molar-refractivity contribution in [1.82, 2.24) is 19.6 Å². The number of aliphatic hydroxyl groups excluding tert-OH is 2. The maximum atomic E-state index is 9.63. The summed E-state index contributed by atoms with van der Waals surface area (Å²) in [5, 5.41) is 19.3. The molecule has 0 aromatic carbocycles. The van der Waals surface area contributed by atoms with Crippen molar-refractivity contribution in [2.45, 2.75) is 18.6 Å². The number of alkyl halides is 2. The predicted molar refractivity (Wildman–Crippen MR) is 133 cm³/mol. The van der Waals surface area contributed by atoms with E-state index in [1.807, 2.05) is 0 Å². The molecule has 0 aromatic heterocycles.